The monoisotopic (exact) mass is 223 g/mol. The van der Waals surface area contributed by atoms with Crippen LogP contribution >= 0.6 is 0 Å². The van der Waals surface area contributed by atoms with Crippen molar-refractivity contribution in [1.29, 1.82) is 5.26 Å². The SMILES string of the molecule is Cc1nn(C)c(C)c1C(C#N)OCCCO. The summed E-state index contributed by atoms with van der Waals surface area (Å²) in [5, 5.41) is 22.0. The van der Waals surface area contributed by atoms with Gasteiger partial charge in [-0.2, -0.15) is 10.4 Å². The molecule has 0 radical (unpaired) electrons. The van der Waals surface area contributed by atoms with Gasteiger partial charge in [0.1, 0.15) is 0 Å². The van der Waals surface area contributed by atoms with Crippen LogP contribution in [0, 0.1) is 25.2 Å². The fraction of sp³-hybridized carbons (Fsp3) is 0.636. The van der Waals surface area contributed by atoms with Crippen molar-refractivity contribution in [3.8, 4) is 6.07 Å². The van der Waals surface area contributed by atoms with Crippen LogP contribution in [0.15, 0.2) is 0 Å². The molecule has 0 saturated heterocycles. The summed E-state index contributed by atoms with van der Waals surface area (Å²) in [4.78, 5) is 0. The molecule has 5 heteroatoms. The zero-order valence-corrected chi connectivity index (χ0v) is 9.90. The maximum absolute atomic E-state index is 9.06. The summed E-state index contributed by atoms with van der Waals surface area (Å²) in [6.07, 6.45) is -0.0588. The predicted molar refractivity (Wildman–Crippen MR) is 58.7 cm³/mol. The summed E-state index contributed by atoms with van der Waals surface area (Å²) < 4.78 is 7.16. The highest BCUT2D eigenvalue weighted by Gasteiger charge is 2.20. The van der Waals surface area contributed by atoms with Crippen molar-refractivity contribution < 1.29 is 9.84 Å². The fourth-order valence-corrected chi connectivity index (χ4v) is 1.62. The quantitative estimate of drug-likeness (QED) is 0.756. The van der Waals surface area contributed by atoms with Gasteiger partial charge in [-0.3, -0.25) is 4.68 Å². The second-order valence-electron chi connectivity index (χ2n) is 3.67. The molecule has 1 aromatic heterocycles. The van der Waals surface area contributed by atoms with Gasteiger partial charge >= 0.3 is 0 Å². The first kappa shape index (κ1) is 12.7. The van der Waals surface area contributed by atoms with Crippen molar-refractivity contribution in [2.24, 2.45) is 7.05 Å². The lowest BCUT2D eigenvalue weighted by Crippen LogP contribution is -2.07. The van der Waals surface area contributed by atoms with E-state index >= 15 is 0 Å². The van der Waals surface area contributed by atoms with Crippen LogP contribution in [0.25, 0.3) is 0 Å². The largest absolute Gasteiger partial charge is 0.396 e. The molecule has 0 amide bonds. The molecule has 1 heterocycles. The van der Waals surface area contributed by atoms with Crippen LogP contribution < -0.4 is 0 Å². The summed E-state index contributed by atoms with van der Waals surface area (Å²) >= 11 is 0. The van der Waals surface area contributed by atoms with E-state index in [1.165, 1.54) is 0 Å². The molecule has 1 unspecified atom stereocenters. The minimum Gasteiger partial charge on any atom is -0.396 e. The van der Waals surface area contributed by atoms with E-state index in [0.717, 1.165) is 17.0 Å². The summed E-state index contributed by atoms with van der Waals surface area (Å²) in [7, 11) is 1.84. The number of ether oxygens (including phenoxy) is 1. The maximum Gasteiger partial charge on any atom is 0.172 e. The number of nitrogens with zero attached hydrogens (tertiary/aromatic N) is 3. The van der Waals surface area contributed by atoms with Crippen molar-refractivity contribution in [3.63, 3.8) is 0 Å². The lowest BCUT2D eigenvalue weighted by atomic mass is 10.1. The Bertz CT molecular complexity index is 393. The van der Waals surface area contributed by atoms with E-state index in [4.69, 9.17) is 15.1 Å². The standard InChI is InChI=1S/C11H17N3O2/c1-8-11(9(2)14(3)13-8)10(7-12)16-6-4-5-15/h10,15H,4-6H2,1-3H3. The summed E-state index contributed by atoms with van der Waals surface area (Å²) in [5.41, 5.74) is 2.59. The first-order chi connectivity index (χ1) is 7.61. The summed E-state index contributed by atoms with van der Waals surface area (Å²) in [6, 6.07) is 2.12. The van der Waals surface area contributed by atoms with Crippen LogP contribution in [0.1, 0.15) is 29.5 Å². The van der Waals surface area contributed by atoms with Crippen molar-refractivity contribution >= 4 is 0 Å². The molecule has 0 bridgehead atoms. The van der Waals surface area contributed by atoms with Gasteiger partial charge in [0, 0.05) is 24.9 Å². The fourth-order valence-electron chi connectivity index (χ4n) is 1.62. The molecule has 0 aromatic carbocycles. The van der Waals surface area contributed by atoms with Crippen molar-refractivity contribution in [3.05, 3.63) is 17.0 Å². The van der Waals surface area contributed by atoms with E-state index in [1.807, 2.05) is 20.9 Å². The Morgan fingerprint density at radius 1 is 1.56 bits per heavy atom. The predicted octanol–water partition coefficient (Wildman–Crippen LogP) is 1.00. The number of aryl methyl sites for hydroxylation is 2. The van der Waals surface area contributed by atoms with E-state index < -0.39 is 6.10 Å². The number of hydrogen-bond acceptors (Lipinski definition) is 4. The van der Waals surface area contributed by atoms with Crippen molar-refractivity contribution in [2.45, 2.75) is 26.4 Å². The molecule has 88 valence electrons. The lowest BCUT2D eigenvalue weighted by molar-refractivity contribution is 0.0766. The molecule has 0 spiro atoms. The maximum atomic E-state index is 9.06. The first-order valence-electron chi connectivity index (χ1n) is 5.24. The minimum atomic E-state index is -0.597. The van der Waals surface area contributed by atoms with Crippen molar-refractivity contribution in [2.75, 3.05) is 13.2 Å². The highest BCUT2D eigenvalue weighted by atomic mass is 16.5. The van der Waals surface area contributed by atoms with Crippen LogP contribution in [0.5, 0.6) is 0 Å². The van der Waals surface area contributed by atoms with Gasteiger partial charge in [-0.25, -0.2) is 0 Å². The Morgan fingerprint density at radius 3 is 2.69 bits per heavy atom. The van der Waals surface area contributed by atoms with Gasteiger partial charge in [0.05, 0.1) is 18.4 Å². The van der Waals surface area contributed by atoms with Gasteiger partial charge in [-0.05, 0) is 20.3 Å². The molecule has 16 heavy (non-hydrogen) atoms. The first-order valence-corrected chi connectivity index (χ1v) is 5.24. The van der Waals surface area contributed by atoms with E-state index in [0.29, 0.717) is 13.0 Å². The van der Waals surface area contributed by atoms with E-state index in [-0.39, 0.29) is 6.61 Å². The van der Waals surface area contributed by atoms with Gasteiger partial charge < -0.3 is 9.84 Å². The zero-order valence-electron chi connectivity index (χ0n) is 9.90. The number of aromatic nitrogens is 2. The molecule has 0 fully saturated rings. The minimum absolute atomic E-state index is 0.0726. The molecular formula is C11H17N3O2. The summed E-state index contributed by atoms with van der Waals surface area (Å²) in [6.45, 7) is 4.23. The highest BCUT2D eigenvalue weighted by molar-refractivity contribution is 5.30. The van der Waals surface area contributed by atoms with E-state index in [1.54, 1.807) is 4.68 Å². The van der Waals surface area contributed by atoms with Crippen LogP contribution in [-0.4, -0.2) is 28.1 Å². The highest BCUT2D eigenvalue weighted by Crippen LogP contribution is 2.23. The second kappa shape index (κ2) is 5.64. The number of aliphatic hydroxyl groups excluding tert-OH is 1. The van der Waals surface area contributed by atoms with Crippen molar-refractivity contribution in [1.82, 2.24) is 9.78 Å². The molecule has 1 aromatic rings. The molecule has 1 atom stereocenters. The molecule has 0 saturated carbocycles. The number of rotatable bonds is 5. The van der Waals surface area contributed by atoms with Gasteiger partial charge in [-0.15, -0.1) is 0 Å². The molecule has 0 aliphatic heterocycles. The number of hydrogen-bond donors (Lipinski definition) is 1. The molecule has 0 aliphatic carbocycles. The van der Waals surface area contributed by atoms with Gasteiger partial charge in [0.2, 0.25) is 0 Å². The van der Waals surface area contributed by atoms with Gasteiger partial charge in [0.25, 0.3) is 0 Å². The Morgan fingerprint density at radius 2 is 2.25 bits per heavy atom. The lowest BCUT2D eigenvalue weighted by Gasteiger charge is -2.10. The third kappa shape index (κ3) is 2.60. The Labute approximate surface area is 95.3 Å². The smallest absolute Gasteiger partial charge is 0.172 e. The molecule has 5 nitrogen and oxygen atoms in total. The third-order valence-electron chi connectivity index (χ3n) is 2.53. The average molecular weight is 223 g/mol. The van der Waals surface area contributed by atoms with Crippen LogP contribution in [0.3, 0.4) is 0 Å². The molecule has 1 N–H and O–H groups in total. The number of aliphatic hydroxyl groups is 1. The Balaban J connectivity index is 2.83. The zero-order chi connectivity index (χ0) is 12.1. The molecular weight excluding hydrogens is 206 g/mol. The normalized spacial score (nSPS) is 12.4. The van der Waals surface area contributed by atoms with Crippen LogP contribution in [0.2, 0.25) is 0 Å². The number of nitriles is 1. The Hall–Kier alpha value is -1.38. The van der Waals surface area contributed by atoms with Gasteiger partial charge in [0.15, 0.2) is 6.10 Å². The summed E-state index contributed by atoms with van der Waals surface area (Å²) in [5.74, 6) is 0. The van der Waals surface area contributed by atoms with Crippen LogP contribution in [-0.2, 0) is 11.8 Å². The van der Waals surface area contributed by atoms with E-state index in [9.17, 15) is 0 Å². The third-order valence-corrected chi connectivity index (χ3v) is 2.53. The van der Waals surface area contributed by atoms with E-state index in [2.05, 4.69) is 11.2 Å². The molecule has 1 rings (SSSR count). The average Bonchev–Trinajstić information content (AvgIpc) is 2.50. The van der Waals surface area contributed by atoms with Crippen LogP contribution in [0.4, 0.5) is 0 Å². The van der Waals surface area contributed by atoms with Gasteiger partial charge in [-0.1, -0.05) is 0 Å². The Kier molecular flexibility index (Phi) is 4.47. The topological polar surface area (TPSA) is 71.1 Å². The second-order valence-corrected chi connectivity index (χ2v) is 3.67. The molecule has 0 aliphatic rings.